The molecule has 1 aliphatic rings. The zero-order valence-electron chi connectivity index (χ0n) is 11.5. The summed E-state index contributed by atoms with van der Waals surface area (Å²) < 4.78 is 5.57. The Kier molecular flexibility index (Phi) is 4.80. The van der Waals surface area contributed by atoms with Crippen LogP contribution in [0, 0.1) is 5.92 Å². The van der Waals surface area contributed by atoms with Crippen LogP contribution in [-0.4, -0.2) is 37.0 Å². The van der Waals surface area contributed by atoms with E-state index in [-0.39, 0.29) is 5.91 Å². The molecule has 1 amide bonds. The van der Waals surface area contributed by atoms with Crippen molar-refractivity contribution in [2.24, 2.45) is 11.7 Å². The lowest BCUT2D eigenvalue weighted by Gasteiger charge is -2.38. The second kappa shape index (κ2) is 6.57. The summed E-state index contributed by atoms with van der Waals surface area (Å²) in [7, 11) is 0. The van der Waals surface area contributed by atoms with Gasteiger partial charge < -0.3 is 15.4 Å². The standard InChI is InChI=1S/C15H22N2O2/c1-2-3-8-19-14-6-4-13(5-7-14)15(18)17-10-12(9-16)11-17/h4-7,12H,2-3,8-11,16H2,1H3. The van der Waals surface area contributed by atoms with Gasteiger partial charge in [0.05, 0.1) is 6.61 Å². The van der Waals surface area contributed by atoms with Crippen LogP contribution in [0.15, 0.2) is 24.3 Å². The van der Waals surface area contributed by atoms with Crippen LogP contribution >= 0.6 is 0 Å². The number of carbonyl (C=O) groups is 1. The van der Waals surface area contributed by atoms with Crippen molar-refractivity contribution >= 4 is 5.91 Å². The summed E-state index contributed by atoms with van der Waals surface area (Å²) in [6.45, 7) is 5.09. The SMILES string of the molecule is CCCCOc1ccc(C(=O)N2CC(CN)C2)cc1. The molecule has 0 bridgehead atoms. The van der Waals surface area contributed by atoms with Gasteiger partial charge in [0.25, 0.3) is 5.91 Å². The second-order valence-corrected chi connectivity index (χ2v) is 5.04. The average molecular weight is 262 g/mol. The van der Waals surface area contributed by atoms with E-state index in [2.05, 4.69) is 6.92 Å². The van der Waals surface area contributed by atoms with Crippen LogP contribution in [0.4, 0.5) is 0 Å². The molecule has 104 valence electrons. The minimum Gasteiger partial charge on any atom is -0.494 e. The number of nitrogens with two attached hydrogens (primary N) is 1. The Labute approximate surface area is 114 Å². The number of rotatable bonds is 6. The summed E-state index contributed by atoms with van der Waals surface area (Å²) in [5.74, 6) is 1.39. The normalized spacial score (nSPS) is 15.2. The molecule has 0 aliphatic carbocycles. The maximum atomic E-state index is 12.1. The molecule has 1 aromatic rings. The highest BCUT2D eigenvalue weighted by atomic mass is 16.5. The van der Waals surface area contributed by atoms with Crippen LogP contribution < -0.4 is 10.5 Å². The fourth-order valence-corrected chi connectivity index (χ4v) is 2.10. The van der Waals surface area contributed by atoms with Gasteiger partial charge in [-0.3, -0.25) is 4.79 Å². The third kappa shape index (κ3) is 3.47. The molecule has 0 spiro atoms. The molecule has 1 aliphatic heterocycles. The molecule has 1 heterocycles. The molecule has 0 unspecified atom stereocenters. The third-order valence-electron chi connectivity index (χ3n) is 3.45. The summed E-state index contributed by atoms with van der Waals surface area (Å²) >= 11 is 0. The van der Waals surface area contributed by atoms with Gasteiger partial charge in [-0.2, -0.15) is 0 Å². The lowest BCUT2D eigenvalue weighted by Crippen LogP contribution is -2.52. The summed E-state index contributed by atoms with van der Waals surface area (Å²) in [5, 5.41) is 0. The summed E-state index contributed by atoms with van der Waals surface area (Å²) in [6, 6.07) is 7.39. The highest BCUT2D eigenvalue weighted by Crippen LogP contribution is 2.19. The van der Waals surface area contributed by atoms with Crippen molar-refractivity contribution in [3.63, 3.8) is 0 Å². The first kappa shape index (κ1) is 13.9. The lowest BCUT2D eigenvalue weighted by molar-refractivity contribution is 0.0515. The van der Waals surface area contributed by atoms with E-state index in [9.17, 15) is 4.79 Å². The molecule has 4 nitrogen and oxygen atoms in total. The molecular formula is C15H22N2O2. The Balaban J connectivity index is 1.86. The van der Waals surface area contributed by atoms with Crippen LogP contribution in [0.5, 0.6) is 5.75 Å². The molecule has 4 heteroatoms. The third-order valence-corrected chi connectivity index (χ3v) is 3.45. The molecule has 0 aromatic heterocycles. The summed E-state index contributed by atoms with van der Waals surface area (Å²) in [5.41, 5.74) is 6.28. The van der Waals surface area contributed by atoms with Crippen LogP contribution in [0.3, 0.4) is 0 Å². The highest BCUT2D eigenvalue weighted by Gasteiger charge is 2.29. The minimum absolute atomic E-state index is 0.0878. The number of likely N-dealkylation sites (tertiary alicyclic amines) is 1. The largest absolute Gasteiger partial charge is 0.494 e. The van der Waals surface area contributed by atoms with E-state index >= 15 is 0 Å². The molecule has 0 radical (unpaired) electrons. The molecule has 1 saturated heterocycles. The van der Waals surface area contributed by atoms with Crippen molar-refractivity contribution in [1.29, 1.82) is 0 Å². The van der Waals surface area contributed by atoms with E-state index in [1.54, 1.807) is 0 Å². The maximum Gasteiger partial charge on any atom is 0.253 e. The lowest BCUT2D eigenvalue weighted by atomic mass is 9.99. The maximum absolute atomic E-state index is 12.1. The molecule has 1 fully saturated rings. The number of unbranched alkanes of at least 4 members (excludes halogenated alkanes) is 1. The number of carbonyl (C=O) groups excluding carboxylic acids is 1. The van der Waals surface area contributed by atoms with Crippen LogP contribution in [0.1, 0.15) is 30.1 Å². The van der Waals surface area contributed by atoms with Gasteiger partial charge in [0, 0.05) is 24.6 Å². The van der Waals surface area contributed by atoms with Crippen molar-refractivity contribution in [3.05, 3.63) is 29.8 Å². The number of hydrogen-bond acceptors (Lipinski definition) is 3. The highest BCUT2D eigenvalue weighted by molar-refractivity contribution is 5.94. The van der Waals surface area contributed by atoms with Gasteiger partial charge in [0.1, 0.15) is 5.75 Å². The van der Waals surface area contributed by atoms with Crippen LogP contribution in [0.2, 0.25) is 0 Å². The van der Waals surface area contributed by atoms with Crippen LogP contribution in [-0.2, 0) is 0 Å². The van der Waals surface area contributed by atoms with Gasteiger partial charge in [0.2, 0.25) is 0 Å². The molecule has 2 rings (SSSR count). The Morgan fingerprint density at radius 1 is 1.37 bits per heavy atom. The van der Waals surface area contributed by atoms with Crippen molar-refractivity contribution in [2.75, 3.05) is 26.2 Å². The van der Waals surface area contributed by atoms with Crippen molar-refractivity contribution in [1.82, 2.24) is 4.90 Å². The second-order valence-electron chi connectivity index (χ2n) is 5.04. The average Bonchev–Trinajstić information content (AvgIpc) is 2.38. The molecule has 19 heavy (non-hydrogen) atoms. The van der Waals surface area contributed by atoms with Crippen molar-refractivity contribution in [3.8, 4) is 5.75 Å². The predicted molar refractivity (Wildman–Crippen MR) is 75.3 cm³/mol. The van der Waals surface area contributed by atoms with E-state index in [0.29, 0.717) is 12.5 Å². The smallest absolute Gasteiger partial charge is 0.253 e. The Morgan fingerprint density at radius 3 is 2.63 bits per heavy atom. The van der Waals surface area contributed by atoms with E-state index in [0.717, 1.165) is 43.9 Å². The van der Waals surface area contributed by atoms with Crippen molar-refractivity contribution in [2.45, 2.75) is 19.8 Å². The van der Waals surface area contributed by atoms with Gasteiger partial charge in [-0.1, -0.05) is 13.3 Å². The fourth-order valence-electron chi connectivity index (χ4n) is 2.10. The number of hydrogen-bond donors (Lipinski definition) is 1. The van der Waals surface area contributed by atoms with E-state index < -0.39 is 0 Å². The topological polar surface area (TPSA) is 55.6 Å². The van der Waals surface area contributed by atoms with Gasteiger partial charge in [0.15, 0.2) is 0 Å². The monoisotopic (exact) mass is 262 g/mol. The molecule has 0 saturated carbocycles. The first-order valence-electron chi connectivity index (χ1n) is 6.96. The van der Waals surface area contributed by atoms with Crippen LogP contribution in [0.25, 0.3) is 0 Å². The summed E-state index contributed by atoms with van der Waals surface area (Å²) in [4.78, 5) is 13.9. The number of amides is 1. The Morgan fingerprint density at radius 2 is 2.05 bits per heavy atom. The molecule has 1 aromatic carbocycles. The van der Waals surface area contributed by atoms with E-state index in [1.807, 2.05) is 29.2 Å². The first-order chi connectivity index (χ1) is 9.24. The van der Waals surface area contributed by atoms with Gasteiger partial charge in [-0.25, -0.2) is 0 Å². The van der Waals surface area contributed by atoms with Gasteiger partial charge in [-0.15, -0.1) is 0 Å². The number of benzene rings is 1. The minimum atomic E-state index is 0.0878. The van der Waals surface area contributed by atoms with E-state index in [4.69, 9.17) is 10.5 Å². The number of ether oxygens (including phenoxy) is 1. The predicted octanol–water partition coefficient (Wildman–Crippen LogP) is 1.90. The zero-order valence-corrected chi connectivity index (χ0v) is 11.5. The van der Waals surface area contributed by atoms with Gasteiger partial charge in [-0.05, 0) is 37.2 Å². The van der Waals surface area contributed by atoms with E-state index in [1.165, 1.54) is 0 Å². The quantitative estimate of drug-likeness (QED) is 0.797. The molecule has 2 N–H and O–H groups in total. The zero-order chi connectivity index (χ0) is 13.7. The first-order valence-corrected chi connectivity index (χ1v) is 6.96. The molecular weight excluding hydrogens is 240 g/mol. The van der Waals surface area contributed by atoms with Crippen molar-refractivity contribution < 1.29 is 9.53 Å². The van der Waals surface area contributed by atoms with Gasteiger partial charge >= 0.3 is 0 Å². The fraction of sp³-hybridized carbons (Fsp3) is 0.533. The Bertz CT molecular complexity index is 411. The molecule has 0 atom stereocenters. The number of nitrogens with zero attached hydrogens (tertiary/aromatic N) is 1. The Hall–Kier alpha value is -1.55. The summed E-state index contributed by atoms with van der Waals surface area (Å²) in [6.07, 6.45) is 2.17.